The molecular formula is C16H17ClN2O4S. The van der Waals surface area contributed by atoms with Crippen molar-refractivity contribution in [2.45, 2.75) is 13.8 Å². The topological polar surface area (TPSA) is 108 Å². The van der Waals surface area contributed by atoms with Gasteiger partial charge in [-0.25, -0.2) is 28.2 Å². The first kappa shape index (κ1) is 18.7. The van der Waals surface area contributed by atoms with Crippen molar-refractivity contribution in [2.75, 3.05) is 13.1 Å². The van der Waals surface area contributed by atoms with Crippen LogP contribution in [0, 0.1) is 10.2 Å². The standard InChI is InChI=1S/C16H17N2S.ClHO4/c1-3-18(4-2)12-9-10-14-16(11-12)19-15-8-6-5-7-13(15)17-14;2-1(3,4)5/h5-11H,3-4H2,1-2H3;(H,2,3,4,5)/q+1;/p-1. The molecule has 2 aliphatic rings. The fourth-order valence-electron chi connectivity index (χ4n) is 2.35. The zero-order chi connectivity index (χ0) is 17.7. The molecule has 1 aromatic rings. The van der Waals surface area contributed by atoms with Gasteiger partial charge in [-0.05, 0) is 32.0 Å². The molecule has 1 aromatic carbocycles. The van der Waals surface area contributed by atoms with Crippen LogP contribution in [0.5, 0.6) is 0 Å². The van der Waals surface area contributed by atoms with Gasteiger partial charge in [0.1, 0.15) is 13.1 Å². The third kappa shape index (κ3) is 5.20. The summed E-state index contributed by atoms with van der Waals surface area (Å²) in [5.41, 5.74) is 2.16. The number of para-hydroxylation sites is 1. The van der Waals surface area contributed by atoms with E-state index in [-0.39, 0.29) is 0 Å². The average molecular weight is 369 g/mol. The maximum Gasteiger partial charge on any atom is 0.201 e. The van der Waals surface area contributed by atoms with Gasteiger partial charge in [-0.3, -0.25) is 0 Å². The number of hydrogen-bond donors (Lipinski definition) is 0. The summed E-state index contributed by atoms with van der Waals surface area (Å²) >= 11 is 1.81. The summed E-state index contributed by atoms with van der Waals surface area (Å²) in [5, 5.41) is 1.28. The van der Waals surface area contributed by atoms with Crippen molar-refractivity contribution < 1.29 is 28.9 Å². The van der Waals surface area contributed by atoms with Crippen molar-refractivity contribution in [1.82, 2.24) is 9.56 Å². The molecule has 0 fully saturated rings. The number of benzene rings is 2. The van der Waals surface area contributed by atoms with Gasteiger partial charge in [0.2, 0.25) is 5.36 Å². The maximum absolute atomic E-state index is 8.49. The molecule has 8 heteroatoms. The Hall–Kier alpha value is -1.61. The van der Waals surface area contributed by atoms with Crippen LogP contribution in [0.2, 0.25) is 0 Å². The van der Waals surface area contributed by atoms with Gasteiger partial charge in [0.05, 0.1) is 20.8 Å². The third-order valence-corrected chi connectivity index (χ3v) is 4.51. The van der Waals surface area contributed by atoms with Crippen LogP contribution in [-0.4, -0.2) is 18.1 Å². The number of fused-ring (bicyclic) bond motifs is 2. The van der Waals surface area contributed by atoms with E-state index in [4.69, 9.17) is 23.6 Å². The molecule has 0 N–H and O–H groups in total. The highest BCUT2D eigenvalue weighted by Crippen LogP contribution is 2.28. The molecule has 24 heavy (non-hydrogen) atoms. The average Bonchev–Trinajstić information content (AvgIpc) is 2.52. The molecule has 1 aliphatic carbocycles. The number of halogens is 1. The Labute approximate surface area is 145 Å². The third-order valence-electron chi connectivity index (χ3n) is 3.40. The Bertz CT molecular complexity index is 848. The van der Waals surface area contributed by atoms with Gasteiger partial charge < -0.3 is 0 Å². The van der Waals surface area contributed by atoms with Crippen LogP contribution in [0.3, 0.4) is 0 Å². The minimum absolute atomic E-state index is 1.04. The molecule has 0 bridgehead atoms. The summed E-state index contributed by atoms with van der Waals surface area (Å²) in [7, 11) is -4.94. The lowest BCUT2D eigenvalue weighted by Crippen LogP contribution is -2.68. The van der Waals surface area contributed by atoms with Crippen LogP contribution in [0.4, 0.5) is 0 Å². The summed E-state index contributed by atoms with van der Waals surface area (Å²) in [6.45, 7) is 6.45. The molecule has 0 amide bonds. The Morgan fingerprint density at radius 3 is 2.25 bits per heavy atom. The van der Waals surface area contributed by atoms with E-state index in [2.05, 4.69) is 54.8 Å². The van der Waals surface area contributed by atoms with E-state index in [9.17, 15) is 0 Å². The molecule has 0 unspecified atom stereocenters. The van der Waals surface area contributed by atoms with Gasteiger partial charge in [0.15, 0.2) is 0 Å². The first-order chi connectivity index (χ1) is 11.3. The molecule has 1 heterocycles. The van der Waals surface area contributed by atoms with Gasteiger partial charge in [0.25, 0.3) is 0 Å². The number of aromatic nitrogens is 1. The number of hydrogen-bond acceptors (Lipinski definition) is 6. The normalized spacial score (nSPS) is 11.2. The van der Waals surface area contributed by atoms with Crippen molar-refractivity contribution in [3.63, 3.8) is 0 Å². The fraction of sp³-hybridized carbons (Fsp3) is 0.250. The van der Waals surface area contributed by atoms with Crippen LogP contribution in [0.1, 0.15) is 13.8 Å². The molecule has 3 rings (SSSR count). The highest BCUT2D eigenvalue weighted by Gasteiger charge is 2.09. The second-order valence-electron chi connectivity index (χ2n) is 4.88. The minimum Gasteiger partial charge on any atom is -0.246 e. The van der Waals surface area contributed by atoms with Crippen molar-refractivity contribution in [3.8, 4) is 10.6 Å². The molecule has 0 radical (unpaired) electrons. The quantitative estimate of drug-likeness (QED) is 0.402. The summed E-state index contributed by atoms with van der Waals surface area (Å²) < 4.78 is 37.6. The second kappa shape index (κ2) is 7.98. The first-order valence-electron chi connectivity index (χ1n) is 7.31. The Kier molecular flexibility index (Phi) is 6.22. The highest BCUT2D eigenvalue weighted by molar-refractivity contribution is 7.21. The monoisotopic (exact) mass is 368 g/mol. The lowest BCUT2D eigenvalue weighted by molar-refractivity contribution is -2.00. The van der Waals surface area contributed by atoms with Crippen molar-refractivity contribution in [2.24, 2.45) is 0 Å². The van der Waals surface area contributed by atoms with Crippen LogP contribution in [0.15, 0.2) is 42.5 Å². The van der Waals surface area contributed by atoms with E-state index in [1.807, 2.05) is 17.4 Å². The smallest absolute Gasteiger partial charge is 0.201 e. The molecule has 6 nitrogen and oxygen atoms in total. The molecule has 0 saturated carbocycles. The largest absolute Gasteiger partial charge is 0.246 e. The summed E-state index contributed by atoms with van der Waals surface area (Å²) in [5.74, 6) is 0. The Morgan fingerprint density at radius 1 is 1.00 bits per heavy atom. The van der Waals surface area contributed by atoms with E-state index >= 15 is 0 Å². The Morgan fingerprint density at radius 2 is 1.62 bits per heavy atom. The van der Waals surface area contributed by atoms with Gasteiger partial charge in [-0.15, -0.1) is 21.6 Å². The van der Waals surface area contributed by atoms with Crippen molar-refractivity contribution in [1.29, 1.82) is 0 Å². The van der Waals surface area contributed by atoms with Crippen molar-refractivity contribution in [3.05, 3.63) is 47.8 Å². The van der Waals surface area contributed by atoms with E-state index in [0.29, 0.717) is 0 Å². The maximum atomic E-state index is 8.49. The molecule has 128 valence electrons. The highest BCUT2D eigenvalue weighted by atomic mass is 35.7. The first-order valence-corrected chi connectivity index (χ1v) is 9.36. The number of rotatable bonds is 2. The SMILES string of the molecule is CC[N+](CC)=c1ccc2nc3ccccc3sc-2c1.[O-][Cl+3]([O-])([O-])[O-]. The molecular weight excluding hydrogens is 352 g/mol. The van der Waals surface area contributed by atoms with Crippen LogP contribution in [-0.2, 0) is 0 Å². The van der Waals surface area contributed by atoms with E-state index < -0.39 is 10.2 Å². The molecule has 0 spiro atoms. The zero-order valence-corrected chi connectivity index (χ0v) is 14.8. The molecule has 0 saturated heterocycles. The summed E-state index contributed by atoms with van der Waals surface area (Å²) in [6, 6.07) is 14.9. The van der Waals surface area contributed by atoms with Gasteiger partial charge >= 0.3 is 0 Å². The van der Waals surface area contributed by atoms with E-state index in [1.165, 1.54) is 14.9 Å². The van der Waals surface area contributed by atoms with Crippen LogP contribution in [0.25, 0.3) is 20.8 Å². The number of nitrogens with zero attached hydrogens (tertiary/aromatic N) is 2. The fourth-order valence-corrected chi connectivity index (χ4v) is 3.35. The predicted molar refractivity (Wildman–Crippen MR) is 82.6 cm³/mol. The van der Waals surface area contributed by atoms with Gasteiger partial charge in [0, 0.05) is 12.1 Å². The van der Waals surface area contributed by atoms with Crippen LogP contribution < -0.4 is 28.6 Å². The second-order valence-corrected chi connectivity index (χ2v) is 6.72. The van der Waals surface area contributed by atoms with Gasteiger partial charge in [-0.2, -0.15) is 0 Å². The summed E-state index contributed by atoms with van der Waals surface area (Å²) in [6.07, 6.45) is 0. The molecule has 0 atom stereocenters. The lowest BCUT2D eigenvalue weighted by Gasteiger charge is -2.17. The van der Waals surface area contributed by atoms with Gasteiger partial charge in [-0.1, -0.05) is 12.1 Å². The molecule has 1 aliphatic heterocycles. The summed E-state index contributed by atoms with van der Waals surface area (Å²) in [4.78, 5) is 5.97. The van der Waals surface area contributed by atoms with Crippen molar-refractivity contribution >= 4 is 21.6 Å². The Balaban J connectivity index is 0.000000368. The minimum atomic E-state index is -4.94. The zero-order valence-electron chi connectivity index (χ0n) is 13.3. The van der Waals surface area contributed by atoms with E-state index in [1.54, 1.807) is 0 Å². The molecule has 0 aromatic heterocycles. The lowest BCUT2D eigenvalue weighted by atomic mass is 10.2. The van der Waals surface area contributed by atoms with E-state index in [0.717, 1.165) is 24.3 Å². The van der Waals surface area contributed by atoms with Crippen LogP contribution >= 0.6 is 11.3 Å². The predicted octanol–water partition coefficient (Wildman–Crippen LogP) is -1.54.